The molecule has 0 aliphatic heterocycles. The van der Waals surface area contributed by atoms with Crippen LogP contribution in [-0.4, -0.2) is 10.2 Å². The van der Waals surface area contributed by atoms with Crippen LogP contribution >= 0.6 is 0 Å². The molecule has 2 rings (SSSR count). The van der Waals surface area contributed by atoms with Gasteiger partial charge in [0.1, 0.15) is 11.5 Å². The van der Waals surface area contributed by atoms with Crippen molar-refractivity contribution in [1.82, 2.24) is 0 Å². The van der Waals surface area contributed by atoms with E-state index in [-0.39, 0.29) is 0 Å². The van der Waals surface area contributed by atoms with Gasteiger partial charge in [0.25, 0.3) is 0 Å². The summed E-state index contributed by atoms with van der Waals surface area (Å²) in [6, 6.07) is 12.8. The first-order valence-electron chi connectivity index (χ1n) is 18.2. The predicted octanol–water partition coefficient (Wildman–Crippen LogP) is 13.0. The van der Waals surface area contributed by atoms with Crippen LogP contribution in [0.1, 0.15) is 190 Å². The van der Waals surface area contributed by atoms with E-state index < -0.39 is 0 Å². The maximum absolute atomic E-state index is 10.7. The summed E-state index contributed by atoms with van der Waals surface area (Å²) in [6.45, 7) is 6.82. The van der Waals surface area contributed by atoms with Gasteiger partial charge in [0, 0.05) is 5.92 Å². The Morgan fingerprint density at radius 1 is 0.429 bits per heavy atom. The Labute approximate surface area is 260 Å². The summed E-state index contributed by atoms with van der Waals surface area (Å²) in [4.78, 5) is 0. The number of phenolic OH excluding ortho intramolecular Hbond substituents is 2. The molecule has 0 bridgehead atoms. The largest absolute Gasteiger partial charge is 0.508 e. The zero-order valence-corrected chi connectivity index (χ0v) is 27.9. The van der Waals surface area contributed by atoms with E-state index in [4.69, 9.17) is 0 Å². The molecule has 2 aromatic carbocycles. The highest BCUT2D eigenvalue weighted by molar-refractivity contribution is 5.44. The third-order valence-electron chi connectivity index (χ3n) is 9.21. The summed E-state index contributed by atoms with van der Waals surface area (Å²) in [5.41, 5.74) is 4.86. The molecule has 0 aliphatic carbocycles. The number of aromatic hydroxyl groups is 2. The second-order valence-electron chi connectivity index (χ2n) is 13.0. The van der Waals surface area contributed by atoms with E-state index in [9.17, 15) is 10.2 Å². The molecule has 0 spiro atoms. The second kappa shape index (κ2) is 23.5. The van der Waals surface area contributed by atoms with E-state index in [1.165, 1.54) is 133 Å². The third kappa shape index (κ3) is 15.0. The van der Waals surface area contributed by atoms with Gasteiger partial charge >= 0.3 is 0 Å². The fourth-order valence-corrected chi connectivity index (χ4v) is 6.42. The maximum atomic E-state index is 10.7. The van der Waals surface area contributed by atoms with E-state index in [1.54, 1.807) is 0 Å². The van der Waals surface area contributed by atoms with Gasteiger partial charge in [-0.3, -0.25) is 0 Å². The van der Waals surface area contributed by atoms with Gasteiger partial charge in [0.05, 0.1) is 0 Å². The molecule has 2 N–H and O–H groups in total. The summed E-state index contributed by atoms with van der Waals surface area (Å²) in [6.07, 6.45) is 30.3. The molecule has 0 radical (unpaired) electrons. The molecule has 2 heteroatoms. The molecule has 0 saturated carbocycles. The highest BCUT2D eigenvalue weighted by Crippen LogP contribution is 2.35. The number of rotatable bonds is 26. The van der Waals surface area contributed by atoms with Crippen molar-refractivity contribution in [3.05, 3.63) is 58.7 Å². The lowest BCUT2D eigenvalue weighted by molar-refractivity contribution is 0.464. The highest BCUT2D eigenvalue weighted by atomic mass is 16.3. The van der Waals surface area contributed by atoms with Crippen LogP contribution < -0.4 is 0 Å². The third-order valence-corrected chi connectivity index (χ3v) is 9.21. The fourth-order valence-electron chi connectivity index (χ4n) is 6.42. The number of hydrogen-bond donors (Lipinski definition) is 2. The van der Waals surface area contributed by atoms with Crippen molar-refractivity contribution in [2.24, 2.45) is 0 Å². The van der Waals surface area contributed by atoms with Gasteiger partial charge in [-0.2, -0.15) is 0 Å². The molecule has 42 heavy (non-hydrogen) atoms. The van der Waals surface area contributed by atoms with Crippen molar-refractivity contribution in [2.45, 2.75) is 181 Å². The number of benzene rings is 2. The van der Waals surface area contributed by atoms with E-state index in [0.29, 0.717) is 17.4 Å². The fraction of sp³-hybridized carbons (Fsp3) is 0.700. The summed E-state index contributed by atoms with van der Waals surface area (Å²) >= 11 is 0. The van der Waals surface area contributed by atoms with Crippen molar-refractivity contribution in [2.75, 3.05) is 0 Å². The Kier molecular flexibility index (Phi) is 20.3. The highest BCUT2D eigenvalue weighted by Gasteiger charge is 2.18. The van der Waals surface area contributed by atoms with Crippen LogP contribution in [-0.2, 0) is 12.8 Å². The van der Waals surface area contributed by atoms with Gasteiger partial charge in [0.15, 0.2) is 0 Å². The lowest BCUT2D eigenvalue weighted by Gasteiger charge is -2.21. The van der Waals surface area contributed by atoms with Crippen LogP contribution in [0.25, 0.3) is 0 Å². The van der Waals surface area contributed by atoms with Crippen LogP contribution in [0, 0.1) is 0 Å². The van der Waals surface area contributed by atoms with Gasteiger partial charge in [0.2, 0.25) is 0 Å². The van der Waals surface area contributed by atoms with Gasteiger partial charge < -0.3 is 10.2 Å². The zero-order chi connectivity index (χ0) is 30.3. The molecule has 2 nitrogen and oxygen atoms in total. The van der Waals surface area contributed by atoms with E-state index in [0.717, 1.165) is 43.2 Å². The van der Waals surface area contributed by atoms with Gasteiger partial charge in [-0.1, -0.05) is 167 Å². The lowest BCUT2D eigenvalue weighted by atomic mass is 9.84. The van der Waals surface area contributed by atoms with Crippen LogP contribution in [0.5, 0.6) is 11.5 Å². The minimum atomic E-state index is 0.308. The maximum Gasteiger partial charge on any atom is 0.118 e. The Balaban J connectivity index is 2.09. The molecule has 0 heterocycles. The average Bonchev–Trinajstić information content (AvgIpc) is 2.99. The minimum absolute atomic E-state index is 0.308. The Bertz CT molecular complexity index is 866. The van der Waals surface area contributed by atoms with Crippen molar-refractivity contribution in [3.8, 4) is 11.5 Å². The molecule has 0 saturated heterocycles. The topological polar surface area (TPSA) is 40.5 Å². The molecular weight excluding hydrogens is 512 g/mol. The lowest BCUT2D eigenvalue weighted by Crippen LogP contribution is -2.04. The zero-order valence-electron chi connectivity index (χ0n) is 27.9. The van der Waals surface area contributed by atoms with Gasteiger partial charge in [-0.25, -0.2) is 0 Å². The molecule has 0 amide bonds. The number of hydrogen-bond acceptors (Lipinski definition) is 2. The van der Waals surface area contributed by atoms with Crippen molar-refractivity contribution < 1.29 is 10.2 Å². The number of phenols is 2. The predicted molar refractivity (Wildman–Crippen MR) is 184 cm³/mol. The molecule has 0 fully saturated rings. The van der Waals surface area contributed by atoms with Crippen LogP contribution in [0.4, 0.5) is 0 Å². The molecule has 0 aromatic heterocycles. The molecule has 0 atom stereocenters. The summed E-state index contributed by atoms with van der Waals surface area (Å²) in [5.74, 6) is 1.21. The molecule has 238 valence electrons. The average molecular weight is 579 g/mol. The van der Waals surface area contributed by atoms with E-state index in [2.05, 4.69) is 45.0 Å². The monoisotopic (exact) mass is 579 g/mol. The summed E-state index contributed by atoms with van der Waals surface area (Å²) < 4.78 is 0. The SMILES string of the molecule is CCCCCCCCCc1cc(C(CCCCCCCCC)c2ccc(O)c(CCCCCCCCC)c2)ccc1O. The first kappa shape index (κ1) is 36.2. The van der Waals surface area contributed by atoms with Crippen LogP contribution in [0.2, 0.25) is 0 Å². The Hall–Kier alpha value is -1.96. The smallest absolute Gasteiger partial charge is 0.118 e. The quantitative estimate of drug-likeness (QED) is 0.109. The molecule has 0 aliphatic rings. The van der Waals surface area contributed by atoms with Gasteiger partial charge in [-0.15, -0.1) is 0 Å². The Morgan fingerprint density at radius 3 is 1.14 bits per heavy atom. The molecule has 0 unspecified atom stereocenters. The number of aryl methyl sites for hydroxylation is 2. The minimum Gasteiger partial charge on any atom is -0.508 e. The van der Waals surface area contributed by atoms with Gasteiger partial charge in [-0.05, 0) is 66.5 Å². The second-order valence-corrected chi connectivity index (χ2v) is 13.0. The van der Waals surface area contributed by atoms with Crippen molar-refractivity contribution >= 4 is 0 Å². The summed E-state index contributed by atoms with van der Waals surface area (Å²) in [5, 5.41) is 21.4. The van der Waals surface area contributed by atoms with Crippen LogP contribution in [0.15, 0.2) is 36.4 Å². The van der Waals surface area contributed by atoms with E-state index in [1.807, 2.05) is 12.1 Å². The number of unbranched alkanes of at least 4 members (excludes halogenated alkanes) is 18. The van der Waals surface area contributed by atoms with Crippen molar-refractivity contribution in [3.63, 3.8) is 0 Å². The molecule has 2 aromatic rings. The van der Waals surface area contributed by atoms with Crippen molar-refractivity contribution in [1.29, 1.82) is 0 Å². The first-order chi connectivity index (χ1) is 20.6. The molecular formula is C40H66O2. The Morgan fingerprint density at radius 2 is 0.762 bits per heavy atom. The first-order valence-corrected chi connectivity index (χ1v) is 18.2. The summed E-state index contributed by atoms with van der Waals surface area (Å²) in [7, 11) is 0. The van der Waals surface area contributed by atoms with Crippen LogP contribution in [0.3, 0.4) is 0 Å². The van der Waals surface area contributed by atoms with E-state index >= 15 is 0 Å². The normalized spacial score (nSPS) is 11.5. The standard InChI is InChI=1S/C40H66O2/c1-4-7-10-13-16-19-22-25-36-32-34(28-30-39(36)41)38(27-24-21-18-15-12-9-6-3)35-29-31-40(42)37(33-35)26-23-20-17-14-11-8-5-2/h28-33,38,41-42H,4-27H2,1-3H3.